The van der Waals surface area contributed by atoms with Gasteiger partial charge < -0.3 is 4.74 Å². The molecule has 2 aliphatic rings. The van der Waals surface area contributed by atoms with Crippen LogP contribution < -0.4 is 9.46 Å². The van der Waals surface area contributed by atoms with Gasteiger partial charge in [0.1, 0.15) is 17.9 Å². The molecule has 0 aliphatic carbocycles. The summed E-state index contributed by atoms with van der Waals surface area (Å²) in [4.78, 5) is 5.88. The molecule has 1 saturated heterocycles. The van der Waals surface area contributed by atoms with Crippen molar-refractivity contribution in [3.8, 4) is 5.75 Å². The number of hydrogen-bond donors (Lipinski definition) is 1. The molecular formula is C23H22F4N4O4S2. The molecule has 8 nitrogen and oxygen atoms in total. The van der Waals surface area contributed by atoms with Crippen molar-refractivity contribution < 1.29 is 35.5 Å². The number of anilines is 1. The lowest BCUT2D eigenvalue weighted by molar-refractivity contribution is -0.347. The molecule has 14 heteroatoms. The number of nitrogens with zero attached hydrogens (tertiary/aromatic N) is 3. The Morgan fingerprint density at radius 3 is 2.59 bits per heavy atom. The van der Waals surface area contributed by atoms with E-state index in [0.29, 0.717) is 30.9 Å². The Morgan fingerprint density at radius 1 is 1.11 bits per heavy atom. The number of alkyl halides is 3. The Kier molecular flexibility index (Phi) is 7.09. The van der Waals surface area contributed by atoms with Crippen LogP contribution in [0.5, 0.6) is 5.75 Å². The van der Waals surface area contributed by atoms with Gasteiger partial charge in [-0.2, -0.15) is 4.37 Å². The molecule has 0 amide bonds. The molecule has 3 aromatic rings. The van der Waals surface area contributed by atoms with Crippen LogP contribution in [0.4, 0.5) is 22.7 Å². The average Bonchev–Trinajstić information content (AvgIpc) is 3.35. The molecule has 0 spiro atoms. The summed E-state index contributed by atoms with van der Waals surface area (Å²) < 4.78 is 94.4. The quantitative estimate of drug-likeness (QED) is 0.424. The monoisotopic (exact) mass is 558 g/mol. The lowest BCUT2D eigenvalue weighted by Gasteiger charge is -2.45. The number of piperidine rings is 1. The first-order chi connectivity index (χ1) is 17.6. The van der Waals surface area contributed by atoms with Crippen molar-refractivity contribution in [1.82, 2.24) is 14.3 Å². The summed E-state index contributed by atoms with van der Waals surface area (Å²) >= 11 is 0.901. The van der Waals surface area contributed by atoms with Crippen molar-refractivity contribution in [2.45, 2.75) is 48.7 Å². The van der Waals surface area contributed by atoms with Crippen molar-refractivity contribution in [2.24, 2.45) is 0 Å². The topological polar surface area (TPSA) is 93.7 Å². The number of fused-ring (bicyclic) bond motifs is 1. The number of halogens is 4. The largest absolute Gasteiger partial charge is 0.522 e. The maximum absolute atomic E-state index is 13.6. The van der Waals surface area contributed by atoms with E-state index in [0.717, 1.165) is 17.1 Å². The molecule has 3 heterocycles. The first-order valence-electron chi connectivity index (χ1n) is 11.4. The molecule has 1 aromatic heterocycles. The number of ether oxygens (including phenoxy) is 2. The van der Waals surface area contributed by atoms with Crippen LogP contribution in [0.3, 0.4) is 0 Å². The summed E-state index contributed by atoms with van der Waals surface area (Å²) in [6.07, 6.45) is -3.79. The molecule has 1 N–H and O–H groups in total. The first kappa shape index (κ1) is 25.8. The first-order valence-corrected chi connectivity index (χ1v) is 13.7. The van der Waals surface area contributed by atoms with Crippen molar-refractivity contribution in [1.29, 1.82) is 0 Å². The summed E-state index contributed by atoms with van der Waals surface area (Å²) in [5.74, 6) is -0.0654. The van der Waals surface area contributed by atoms with Gasteiger partial charge in [0.15, 0.2) is 0 Å². The summed E-state index contributed by atoms with van der Waals surface area (Å²) in [5, 5.41) is 0.127. The van der Waals surface area contributed by atoms with Crippen LogP contribution in [0.1, 0.15) is 42.5 Å². The highest BCUT2D eigenvalue weighted by Crippen LogP contribution is 2.45. The Hall–Kier alpha value is -2.81. The van der Waals surface area contributed by atoms with E-state index in [1.807, 2.05) is 0 Å². The van der Waals surface area contributed by atoms with Gasteiger partial charge in [-0.3, -0.25) is 14.4 Å². The molecule has 5 rings (SSSR count). The Morgan fingerprint density at radius 2 is 1.89 bits per heavy atom. The van der Waals surface area contributed by atoms with Gasteiger partial charge in [-0.15, -0.1) is 13.2 Å². The van der Waals surface area contributed by atoms with Crippen LogP contribution in [0, 0.1) is 5.82 Å². The smallest absolute Gasteiger partial charge is 0.493 e. The number of likely N-dealkylation sites (tertiary alicyclic amines) is 1. The molecule has 0 bridgehead atoms. The van der Waals surface area contributed by atoms with E-state index in [-0.39, 0.29) is 28.9 Å². The fraction of sp³-hybridized carbons (Fsp3) is 0.391. The third-order valence-electron chi connectivity index (χ3n) is 6.44. The Bertz CT molecular complexity index is 1340. The molecule has 0 radical (unpaired) electrons. The number of sulfonamides is 1. The Labute approximate surface area is 214 Å². The molecule has 0 unspecified atom stereocenters. The van der Waals surface area contributed by atoms with E-state index in [4.69, 9.17) is 4.74 Å². The van der Waals surface area contributed by atoms with Gasteiger partial charge in [0, 0.05) is 48.2 Å². The van der Waals surface area contributed by atoms with Crippen molar-refractivity contribution in [3.63, 3.8) is 0 Å². The lowest BCUT2D eigenvalue weighted by Crippen LogP contribution is -2.44. The molecular weight excluding hydrogens is 536 g/mol. The molecule has 37 heavy (non-hydrogen) atoms. The maximum Gasteiger partial charge on any atom is 0.522 e. The highest BCUT2D eigenvalue weighted by molar-refractivity contribution is 7.93. The molecule has 198 valence electrons. The van der Waals surface area contributed by atoms with Gasteiger partial charge in [-0.1, -0.05) is 18.2 Å². The van der Waals surface area contributed by atoms with Crippen LogP contribution in [0.2, 0.25) is 0 Å². The Balaban J connectivity index is 1.44. The van der Waals surface area contributed by atoms with E-state index in [1.54, 1.807) is 18.2 Å². The van der Waals surface area contributed by atoms with Crippen molar-refractivity contribution in [3.05, 3.63) is 65.7 Å². The van der Waals surface area contributed by atoms with Crippen LogP contribution in [0.25, 0.3) is 0 Å². The predicted molar refractivity (Wildman–Crippen MR) is 126 cm³/mol. The number of aromatic nitrogens is 2. The second-order valence-corrected chi connectivity index (χ2v) is 11.2. The van der Waals surface area contributed by atoms with Crippen molar-refractivity contribution in [2.75, 3.05) is 17.9 Å². The highest BCUT2D eigenvalue weighted by Gasteiger charge is 2.41. The van der Waals surface area contributed by atoms with Gasteiger partial charge in [0.2, 0.25) is 5.13 Å². The van der Waals surface area contributed by atoms with E-state index >= 15 is 0 Å². The molecule has 2 aromatic carbocycles. The predicted octanol–water partition coefficient (Wildman–Crippen LogP) is 5.04. The maximum atomic E-state index is 13.6. The van der Waals surface area contributed by atoms with Crippen molar-refractivity contribution >= 4 is 26.7 Å². The minimum Gasteiger partial charge on any atom is -0.493 e. The van der Waals surface area contributed by atoms with E-state index in [1.165, 1.54) is 30.6 Å². The number of rotatable bonds is 6. The summed E-state index contributed by atoms with van der Waals surface area (Å²) in [5.41, 5.74) is 1.40. The minimum atomic E-state index is -4.75. The van der Waals surface area contributed by atoms with Gasteiger partial charge in [0.05, 0.1) is 17.6 Å². The summed E-state index contributed by atoms with van der Waals surface area (Å²) in [6, 6.07) is 9.51. The fourth-order valence-corrected chi connectivity index (χ4v) is 6.56. The number of nitrogens with one attached hydrogen (secondary N) is 1. The van der Waals surface area contributed by atoms with Gasteiger partial charge in [-0.25, -0.2) is 17.8 Å². The summed E-state index contributed by atoms with van der Waals surface area (Å²) in [7, 11) is -3.94. The van der Waals surface area contributed by atoms with Gasteiger partial charge in [0.25, 0.3) is 10.0 Å². The van der Waals surface area contributed by atoms with Crippen LogP contribution in [-0.4, -0.2) is 48.3 Å². The zero-order valence-electron chi connectivity index (χ0n) is 19.2. The second-order valence-electron chi connectivity index (χ2n) is 8.72. The number of hydrogen-bond acceptors (Lipinski definition) is 8. The van der Waals surface area contributed by atoms with E-state index in [2.05, 4.69) is 23.7 Å². The molecule has 0 saturated carbocycles. The van der Waals surface area contributed by atoms with Crippen LogP contribution in [-0.2, 0) is 14.8 Å². The molecule has 3 atom stereocenters. The standard InChI is InChI=1S/C23H22F4N4O4S2/c24-15-3-1-14(2-4-15)20-11-16(35-23(25,26)27)7-9-31(20)19-8-10-34-21-12-17(5-6-18(19)21)37(32,33)30-22-28-13-29-36-22/h1-6,12-13,16,19-20H,7-11H2,(H,28,29,30)/t16-,19-,20+/m0/s1. The minimum absolute atomic E-state index is 0.0190. The van der Waals surface area contributed by atoms with Gasteiger partial charge >= 0.3 is 6.36 Å². The normalized spacial score (nSPS) is 22.8. The summed E-state index contributed by atoms with van der Waals surface area (Å²) in [6.45, 7) is 0.589. The zero-order valence-corrected chi connectivity index (χ0v) is 20.8. The van der Waals surface area contributed by atoms with E-state index in [9.17, 15) is 26.0 Å². The molecule has 2 aliphatic heterocycles. The second kappa shape index (κ2) is 10.2. The fourth-order valence-electron chi connectivity index (χ4n) is 4.89. The van der Waals surface area contributed by atoms with Crippen LogP contribution in [0.15, 0.2) is 53.7 Å². The van der Waals surface area contributed by atoms with Crippen LogP contribution >= 0.6 is 11.5 Å². The lowest BCUT2D eigenvalue weighted by atomic mass is 9.88. The highest BCUT2D eigenvalue weighted by atomic mass is 32.2. The third-order valence-corrected chi connectivity index (χ3v) is 8.48. The third kappa shape index (κ3) is 5.87. The zero-order chi connectivity index (χ0) is 26.2. The van der Waals surface area contributed by atoms with E-state index < -0.39 is 34.3 Å². The molecule has 1 fully saturated rings. The average molecular weight is 559 g/mol. The number of benzene rings is 2. The van der Waals surface area contributed by atoms with Gasteiger partial charge in [-0.05, 0) is 36.6 Å². The SMILES string of the molecule is O=S(=O)(Nc1ncns1)c1ccc2c(c1)OCC[C@@H]2N1CC[C@H](OC(F)(F)F)C[C@@H]1c1ccc(F)cc1.